The van der Waals surface area contributed by atoms with E-state index in [4.69, 9.17) is 9.15 Å². The van der Waals surface area contributed by atoms with Crippen LogP contribution in [-0.4, -0.2) is 28.9 Å². The molecule has 2 atom stereocenters. The van der Waals surface area contributed by atoms with E-state index >= 15 is 0 Å². The van der Waals surface area contributed by atoms with Crippen LogP contribution in [0.1, 0.15) is 39.4 Å². The number of aliphatic carboxylic acids is 1. The first-order valence-corrected chi connectivity index (χ1v) is 7.06. The zero-order chi connectivity index (χ0) is 16.4. The number of aliphatic imine (C=N–C) groups is 1. The summed E-state index contributed by atoms with van der Waals surface area (Å²) in [5.41, 5.74) is 1.14. The lowest BCUT2D eigenvalue weighted by atomic mass is 9.78. The number of ether oxygens (including phenoxy) is 1. The van der Waals surface area contributed by atoms with E-state index in [1.165, 1.54) is 6.26 Å². The Morgan fingerprint density at radius 3 is 2.55 bits per heavy atom. The van der Waals surface area contributed by atoms with Gasteiger partial charge in [0.2, 0.25) is 0 Å². The van der Waals surface area contributed by atoms with Gasteiger partial charge in [-0.3, -0.25) is 9.79 Å². The number of rotatable bonds is 4. The van der Waals surface area contributed by atoms with Gasteiger partial charge >= 0.3 is 11.9 Å². The van der Waals surface area contributed by atoms with Gasteiger partial charge in [-0.25, -0.2) is 4.79 Å². The largest absolute Gasteiger partial charge is 0.481 e. The molecule has 1 N–H and O–H groups in total. The summed E-state index contributed by atoms with van der Waals surface area (Å²) >= 11 is 0. The van der Waals surface area contributed by atoms with Crippen molar-refractivity contribution in [3.63, 3.8) is 0 Å². The van der Waals surface area contributed by atoms with Crippen LogP contribution in [0.5, 0.6) is 0 Å². The first kappa shape index (κ1) is 16.0. The number of esters is 1. The number of carboxylic acid groups (broad SMARTS) is 1. The first-order chi connectivity index (χ1) is 10.3. The van der Waals surface area contributed by atoms with E-state index in [0.29, 0.717) is 17.2 Å². The van der Waals surface area contributed by atoms with E-state index in [-0.39, 0.29) is 11.7 Å². The Morgan fingerprint density at radius 1 is 1.36 bits per heavy atom. The summed E-state index contributed by atoms with van der Waals surface area (Å²) in [4.78, 5) is 28.3. The lowest BCUT2D eigenvalue weighted by Gasteiger charge is -2.29. The van der Waals surface area contributed by atoms with Gasteiger partial charge in [-0.05, 0) is 39.8 Å². The van der Waals surface area contributed by atoms with E-state index in [0.717, 1.165) is 0 Å². The predicted octanol–water partition coefficient (Wildman–Crippen LogP) is 2.76. The molecule has 0 amide bonds. The number of carbonyl (C=O) groups is 2. The number of nitrogens with zero attached hydrogens (tertiary/aromatic N) is 1. The monoisotopic (exact) mass is 305 g/mol. The molecule has 6 heteroatoms. The standard InChI is InChI=1S/C16H19NO5/c1-8(2)22-16(20)13-10(4)17-9(3)12(15(18)19)14(13)11-6-5-7-21-11/h5-8,12,14H,1-4H3,(H,18,19). The highest BCUT2D eigenvalue weighted by atomic mass is 16.5. The minimum Gasteiger partial charge on any atom is -0.481 e. The molecule has 2 rings (SSSR count). The highest BCUT2D eigenvalue weighted by Crippen LogP contribution is 2.39. The molecule has 0 saturated heterocycles. The molecule has 0 spiro atoms. The fraction of sp³-hybridized carbons (Fsp3) is 0.438. The molecule has 0 bridgehead atoms. The first-order valence-electron chi connectivity index (χ1n) is 7.06. The highest BCUT2D eigenvalue weighted by molar-refractivity contribution is 6.06. The maximum Gasteiger partial charge on any atom is 0.336 e. The fourth-order valence-corrected chi connectivity index (χ4v) is 2.68. The van der Waals surface area contributed by atoms with Gasteiger partial charge in [0.25, 0.3) is 0 Å². The molecular weight excluding hydrogens is 286 g/mol. The topological polar surface area (TPSA) is 89.1 Å². The van der Waals surface area contributed by atoms with Crippen molar-refractivity contribution in [1.82, 2.24) is 0 Å². The number of carboxylic acids is 1. The summed E-state index contributed by atoms with van der Waals surface area (Å²) in [6.45, 7) is 6.79. The Kier molecular flexibility index (Phi) is 4.49. The van der Waals surface area contributed by atoms with Crippen LogP contribution in [0.2, 0.25) is 0 Å². The van der Waals surface area contributed by atoms with Gasteiger partial charge < -0.3 is 14.3 Å². The van der Waals surface area contributed by atoms with E-state index < -0.39 is 23.8 Å². The third-order valence-corrected chi connectivity index (χ3v) is 3.51. The summed E-state index contributed by atoms with van der Waals surface area (Å²) in [5.74, 6) is -2.89. The average molecular weight is 305 g/mol. The van der Waals surface area contributed by atoms with Crippen LogP contribution in [-0.2, 0) is 14.3 Å². The lowest BCUT2D eigenvalue weighted by Crippen LogP contribution is -2.35. The van der Waals surface area contributed by atoms with E-state index in [2.05, 4.69) is 4.99 Å². The molecule has 0 saturated carbocycles. The van der Waals surface area contributed by atoms with Crippen molar-refractivity contribution in [3.05, 3.63) is 35.4 Å². The highest BCUT2D eigenvalue weighted by Gasteiger charge is 2.43. The third-order valence-electron chi connectivity index (χ3n) is 3.51. The minimum absolute atomic E-state index is 0.238. The molecule has 6 nitrogen and oxygen atoms in total. The summed E-state index contributed by atoms with van der Waals surface area (Å²) in [6, 6.07) is 3.32. The van der Waals surface area contributed by atoms with Crippen molar-refractivity contribution in [2.75, 3.05) is 0 Å². The van der Waals surface area contributed by atoms with Gasteiger partial charge in [0.05, 0.1) is 23.9 Å². The number of hydrogen-bond donors (Lipinski definition) is 1. The predicted molar refractivity (Wildman–Crippen MR) is 79.6 cm³/mol. The molecule has 0 fully saturated rings. The number of furan rings is 1. The molecule has 1 aromatic rings. The van der Waals surface area contributed by atoms with E-state index in [9.17, 15) is 14.7 Å². The zero-order valence-corrected chi connectivity index (χ0v) is 13.0. The van der Waals surface area contributed by atoms with Gasteiger partial charge in [0, 0.05) is 11.4 Å². The van der Waals surface area contributed by atoms with Crippen molar-refractivity contribution in [2.45, 2.75) is 39.7 Å². The maximum absolute atomic E-state index is 12.4. The van der Waals surface area contributed by atoms with Crippen LogP contribution in [0.15, 0.2) is 39.1 Å². The second kappa shape index (κ2) is 6.17. The molecule has 118 valence electrons. The Bertz CT molecular complexity index is 640. The summed E-state index contributed by atoms with van der Waals surface area (Å²) in [5, 5.41) is 9.55. The second-order valence-electron chi connectivity index (χ2n) is 5.52. The lowest BCUT2D eigenvalue weighted by molar-refractivity contribution is -0.143. The minimum atomic E-state index is -1.05. The van der Waals surface area contributed by atoms with E-state index in [1.54, 1.807) is 39.8 Å². The van der Waals surface area contributed by atoms with Crippen LogP contribution in [0.25, 0.3) is 0 Å². The van der Waals surface area contributed by atoms with Crippen LogP contribution in [0, 0.1) is 5.92 Å². The molecule has 0 aromatic carbocycles. The maximum atomic E-state index is 12.4. The second-order valence-corrected chi connectivity index (χ2v) is 5.52. The Balaban J connectivity index is 2.56. The summed E-state index contributed by atoms with van der Waals surface area (Å²) < 4.78 is 10.6. The van der Waals surface area contributed by atoms with Crippen LogP contribution < -0.4 is 0 Å². The van der Waals surface area contributed by atoms with Crippen LogP contribution >= 0.6 is 0 Å². The summed E-state index contributed by atoms with van der Waals surface area (Å²) in [6.07, 6.45) is 1.15. The normalized spacial score (nSPS) is 21.8. The van der Waals surface area contributed by atoms with Gasteiger partial charge in [-0.15, -0.1) is 0 Å². The number of carbonyl (C=O) groups excluding carboxylic acids is 1. The Labute approximate surface area is 128 Å². The number of hydrogen-bond acceptors (Lipinski definition) is 5. The van der Waals surface area contributed by atoms with Crippen molar-refractivity contribution in [2.24, 2.45) is 10.9 Å². The third kappa shape index (κ3) is 2.95. The molecular formula is C16H19NO5. The average Bonchev–Trinajstić information content (AvgIpc) is 2.89. The molecule has 1 aliphatic rings. The molecule has 22 heavy (non-hydrogen) atoms. The van der Waals surface area contributed by atoms with E-state index in [1.807, 2.05) is 0 Å². The fourth-order valence-electron chi connectivity index (χ4n) is 2.68. The number of allylic oxidation sites excluding steroid dienone is 1. The van der Waals surface area contributed by atoms with Crippen LogP contribution in [0.4, 0.5) is 0 Å². The van der Waals surface area contributed by atoms with Crippen LogP contribution in [0.3, 0.4) is 0 Å². The molecule has 0 aliphatic carbocycles. The van der Waals surface area contributed by atoms with Gasteiger partial charge in [-0.2, -0.15) is 0 Å². The zero-order valence-electron chi connectivity index (χ0n) is 13.0. The Hall–Kier alpha value is -2.37. The van der Waals surface area contributed by atoms with Crippen molar-refractivity contribution < 1.29 is 23.8 Å². The molecule has 1 aromatic heterocycles. The van der Waals surface area contributed by atoms with Crippen molar-refractivity contribution in [1.29, 1.82) is 0 Å². The Morgan fingerprint density at radius 2 is 2.05 bits per heavy atom. The quantitative estimate of drug-likeness (QED) is 0.864. The molecule has 1 aliphatic heterocycles. The molecule has 2 heterocycles. The van der Waals surface area contributed by atoms with Gasteiger partial charge in [0.1, 0.15) is 11.7 Å². The van der Waals surface area contributed by atoms with Crippen molar-refractivity contribution in [3.8, 4) is 0 Å². The summed E-state index contributed by atoms with van der Waals surface area (Å²) in [7, 11) is 0. The molecule has 2 unspecified atom stereocenters. The molecule has 0 radical (unpaired) electrons. The van der Waals surface area contributed by atoms with Gasteiger partial charge in [-0.1, -0.05) is 0 Å². The van der Waals surface area contributed by atoms with Crippen molar-refractivity contribution >= 4 is 17.7 Å². The van der Waals surface area contributed by atoms with Gasteiger partial charge in [0.15, 0.2) is 0 Å². The SMILES string of the molecule is CC1=NC(C)=C(C(=O)OC(C)C)C(c2ccco2)C1C(=O)O. The smallest absolute Gasteiger partial charge is 0.336 e.